The van der Waals surface area contributed by atoms with E-state index in [4.69, 9.17) is 5.11 Å². The number of fused-ring (bicyclic) bond motifs is 1. The van der Waals surface area contributed by atoms with Gasteiger partial charge in [-0.05, 0) is 11.6 Å². The molecule has 0 bridgehead atoms. The van der Waals surface area contributed by atoms with Crippen LogP contribution in [0.5, 0.6) is 0 Å². The molecule has 1 aliphatic rings. The first-order chi connectivity index (χ1) is 7.09. The lowest BCUT2D eigenvalue weighted by atomic mass is 9.99. The van der Waals surface area contributed by atoms with Crippen molar-refractivity contribution in [2.24, 2.45) is 0 Å². The number of carbonyl (C=O) groups is 2. The highest BCUT2D eigenvalue weighted by Gasteiger charge is 2.27. The number of rotatable bonds is 0. The van der Waals surface area contributed by atoms with Crippen LogP contribution in [0.2, 0.25) is 0 Å². The second-order valence-electron chi connectivity index (χ2n) is 3.33. The zero-order valence-corrected chi connectivity index (χ0v) is 9.32. The van der Waals surface area contributed by atoms with Gasteiger partial charge in [0.25, 0.3) is 0 Å². The molecule has 0 aliphatic carbocycles. The lowest BCUT2D eigenvalue weighted by Crippen LogP contribution is -2.38. The number of amides is 1. The average Bonchev–Trinajstić information content (AvgIpc) is 2.19. The fourth-order valence-corrected chi connectivity index (χ4v) is 2.11. The van der Waals surface area contributed by atoms with E-state index in [1.807, 2.05) is 0 Å². The van der Waals surface area contributed by atoms with E-state index in [2.05, 4.69) is 15.9 Å². The van der Waals surface area contributed by atoms with Crippen LogP contribution in [0, 0.1) is 0 Å². The number of Topliss-reactive ketones (excluding diaryl/α,β-unsaturated/α-hetero) is 1. The molecule has 0 saturated carbocycles. The SMILES string of the molecule is O=C1CN(C(=O)O)Cc2c(Br)cccc21. The normalized spacial score (nSPS) is 15.0. The first-order valence-corrected chi connectivity index (χ1v) is 5.17. The van der Waals surface area contributed by atoms with Gasteiger partial charge < -0.3 is 5.11 Å². The molecule has 5 heteroatoms. The number of halogens is 1. The van der Waals surface area contributed by atoms with Crippen molar-refractivity contribution in [3.8, 4) is 0 Å². The molecule has 0 aromatic heterocycles. The molecular formula is C10H8BrNO3. The van der Waals surface area contributed by atoms with Gasteiger partial charge in [-0.15, -0.1) is 0 Å². The summed E-state index contributed by atoms with van der Waals surface area (Å²) in [5.74, 6) is -0.153. The van der Waals surface area contributed by atoms with Crippen molar-refractivity contribution in [3.63, 3.8) is 0 Å². The maximum Gasteiger partial charge on any atom is 0.408 e. The quantitative estimate of drug-likeness (QED) is 0.785. The van der Waals surface area contributed by atoms with Crippen molar-refractivity contribution in [2.45, 2.75) is 6.54 Å². The smallest absolute Gasteiger partial charge is 0.408 e. The summed E-state index contributed by atoms with van der Waals surface area (Å²) in [6.07, 6.45) is -1.07. The van der Waals surface area contributed by atoms with Crippen LogP contribution < -0.4 is 0 Å². The molecule has 1 N–H and O–H groups in total. The Hall–Kier alpha value is -1.36. The molecule has 4 nitrogen and oxygen atoms in total. The van der Waals surface area contributed by atoms with E-state index in [1.54, 1.807) is 18.2 Å². The van der Waals surface area contributed by atoms with Gasteiger partial charge in [0.1, 0.15) is 0 Å². The number of nitrogens with zero attached hydrogens (tertiary/aromatic N) is 1. The van der Waals surface area contributed by atoms with Crippen LogP contribution in [0.3, 0.4) is 0 Å². The first-order valence-electron chi connectivity index (χ1n) is 4.38. The number of carboxylic acid groups (broad SMARTS) is 1. The Morgan fingerprint density at radius 3 is 2.80 bits per heavy atom. The Labute approximate surface area is 94.6 Å². The number of carbonyl (C=O) groups excluding carboxylic acids is 1. The zero-order valence-electron chi connectivity index (χ0n) is 7.74. The van der Waals surface area contributed by atoms with Crippen LogP contribution in [0.1, 0.15) is 15.9 Å². The first kappa shape index (κ1) is 10.2. The minimum atomic E-state index is -1.07. The highest BCUT2D eigenvalue weighted by Crippen LogP contribution is 2.26. The van der Waals surface area contributed by atoms with Crippen LogP contribution in [-0.4, -0.2) is 28.4 Å². The van der Waals surface area contributed by atoms with Crippen molar-refractivity contribution < 1.29 is 14.7 Å². The molecule has 15 heavy (non-hydrogen) atoms. The molecule has 78 valence electrons. The molecule has 1 amide bonds. The molecule has 1 aliphatic heterocycles. The van der Waals surface area contributed by atoms with E-state index in [1.165, 1.54) is 0 Å². The molecule has 0 atom stereocenters. The fourth-order valence-electron chi connectivity index (χ4n) is 1.62. The molecule has 1 heterocycles. The van der Waals surface area contributed by atoms with Crippen LogP contribution in [0.25, 0.3) is 0 Å². The van der Waals surface area contributed by atoms with Crippen LogP contribution in [0.15, 0.2) is 22.7 Å². The van der Waals surface area contributed by atoms with Crippen molar-refractivity contribution >= 4 is 27.8 Å². The van der Waals surface area contributed by atoms with E-state index in [9.17, 15) is 9.59 Å². The van der Waals surface area contributed by atoms with Crippen LogP contribution in [0.4, 0.5) is 4.79 Å². The van der Waals surface area contributed by atoms with Crippen molar-refractivity contribution in [1.82, 2.24) is 4.90 Å². The average molecular weight is 270 g/mol. The van der Waals surface area contributed by atoms with Gasteiger partial charge in [-0.1, -0.05) is 28.1 Å². The molecule has 0 radical (unpaired) electrons. The lowest BCUT2D eigenvalue weighted by Gasteiger charge is -2.25. The maximum atomic E-state index is 11.6. The third-order valence-corrected chi connectivity index (χ3v) is 3.12. The van der Waals surface area contributed by atoms with Gasteiger partial charge in [0.05, 0.1) is 13.1 Å². The number of benzene rings is 1. The summed E-state index contributed by atoms with van der Waals surface area (Å²) in [4.78, 5) is 23.5. The van der Waals surface area contributed by atoms with E-state index >= 15 is 0 Å². The minimum Gasteiger partial charge on any atom is -0.465 e. The standard InChI is InChI=1S/C10H8BrNO3/c11-8-3-1-2-6-7(8)4-12(10(14)15)5-9(6)13/h1-3H,4-5H2,(H,14,15). The van der Waals surface area contributed by atoms with Crippen molar-refractivity contribution in [2.75, 3.05) is 6.54 Å². The zero-order chi connectivity index (χ0) is 11.0. The topological polar surface area (TPSA) is 57.6 Å². The summed E-state index contributed by atoms with van der Waals surface area (Å²) in [6, 6.07) is 5.30. The summed E-state index contributed by atoms with van der Waals surface area (Å²) in [5.41, 5.74) is 1.36. The molecule has 1 aromatic carbocycles. The molecule has 0 saturated heterocycles. The molecular weight excluding hydrogens is 262 g/mol. The lowest BCUT2D eigenvalue weighted by molar-refractivity contribution is 0.0874. The van der Waals surface area contributed by atoms with Crippen molar-refractivity contribution in [1.29, 1.82) is 0 Å². The predicted molar refractivity (Wildman–Crippen MR) is 56.9 cm³/mol. The largest absolute Gasteiger partial charge is 0.465 e. The van der Waals surface area contributed by atoms with E-state index in [0.717, 1.165) is 14.9 Å². The van der Waals surface area contributed by atoms with E-state index in [-0.39, 0.29) is 18.9 Å². The Morgan fingerprint density at radius 2 is 2.13 bits per heavy atom. The fraction of sp³-hybridized carbons (Fsp3) is 0.200. The van der Waals surface area contributed by atoms with Gasteiger partial charge in [0.2, 0.25) is 0 Å². The van der Waals surface area contributed by atoms with Crippen LogP contribution in [-0.2, 0) is 6.54 Å². The Bertz CT molecular complexity index is 444. The Balaban J connectivity index is 2.46. The number of ketones is 1. The molecule has 1 aromatic rings. The van der Waals surface area contributed by atoms with Crippen LogP contribution >= 0.6 is 15.9 Å². The molecule has 0 unspecified atom stereocenters. The summed E-state index contributed by atoms with van der Waals surface area (Å²) < 4.78 is 0.777. The third kappa shape index (κ3) is 1.74. The highest BCUT2D eigenvalue weighted by atomic mass is 79.9. The monoisotopic (exact) mass is 269 g/mol. The second-order valence-corrected chi connectivity index (χ2v) is 4.18. The molecule has 0 fully saturated rings. The Kier molecular flexibility index (Phi) is 2.48. The van der Waals surface area contributed by atoms with Gasteiger partial charge in [0.15, 0.2) is 5.78 Å². The van der Waals surface area contributed by atoms with E-state index < -0.39 is 6.09 Å². The summed E-state index contributed by atoms with van der Waals surface area (Å²) in [6.45, 7) is 0.205. The van der Waals surface area contributed by atoms with Gasteiger partial charge >= 0.3 is 6.09 Å². The third-order valence-electron chi connectivity index (χ3n) is 2.37. The second kappa shape index (κ2) is 3.66. The Morgan fingerprint density at radius 1 is 1.40 bits per heavy atom. The summed E-state index contributed by atoms with van der Waals surface area (Å²) >= 11 is 3.31. The van der Waals surface area contributed by atoms with Crippen molar-refractivity contribution in [3.05, 3.63) is 33.8 Å². The van der Waals surface area contributed by atoms with Gasteiger partial charge in [-0.2, -0.15) is 0 Å². The predicted octanol–water partition coefficient (Wildman–Crippen LogP) is 2.13. The molecule has 2 rings (SSSR count). The minimum absolute atomic E-state index is 0.0568. The summed E-state index contributed by atoms with van der Waals surface area (Å²) in [5, 5.41) is 8.83. The van der Waals surface area contributed by atoms with Gasteiger partial charge in [-0.25, -0.2) is 4.79 Å². The number of hydrogen-bond donors (Lipinski definition) is 1. The maximum absolute atomic E-state index is 11.6. The molecule has 0 spiro atoms. The van der Waals surface area contributed by atoms with E-state index in [0.29, 0.717) is 5.56 Å². The number of hydrogen-bond acceptors (Lipinski definition) is 2. The van der Waals surface area contributed by atoms with Gasteiger partial charge in [-0.3, -0.25) is 9.69 Å². The summed E-state index contributed by atoms with van der Waals surface area (Å²) in [7, 11) is 0. The van der Waals surface area contributed by atoms with Gasteiger partial charge in [0, 0.05) is 10.0 Å². The highest BCUT2D eigenvalue weighted by molar-refractivity contribution is 9.10.